The second-order valence-electron chi connectivity index (χ2n) is 3.60. The van der Waals surface area contributed by atoms with Crippen LogP contribution in [0.15, 0.2) is 35.1 Å². The van der Waals surface area contributed by atoms with Gasteiger partial charge in [-0.3, -0.25) is 4.68 Å². The number of furan rings is 1. The van der Waals surface area contributed by atoms with Gasteiger partial charge in [0, 0.05) is 12.7 Å². The van der Waals surface area contributed by atoms with Crippen LogP contribution in [0.5, 0.6) is 0 Å². The minimum Gasteiger partial charge on any atom is -0.468 e. The van der Waals surface area contributed by atoms with E-state index in [2.05, 4.69) is 10.4 Å². The molecule has 17 heavy (non-hydrogen) atoms. The number of hydrogen-bond donors (Lipinski definition) is 1. The summed E-state index contributed by atoms with van der Waals surface area (Å²) in [6.07, 6.45) is 0.781. The fourth-order valence-corrected chi connectivity index (χ4v) is 1.47. The highest BCUT2D eigenvalue weighted by Gasteiger charge is 2.05. The molecule has 2 rings (SSSR count). The topological polar surface area (TPSA) is 43.0 Å². The van der Waals surface area contributed by atoms with Crippen molar-refractivity contribution in [2.45, 2.75) is 26.1 Å². The number of nitrogens with zero attached hydrogens (tertiary/aromatic N) is 2. The van der Waals surface area contributed by atoms with Gasteiger partial charge in [0.2, 0.25) is 0 Å². The largest absolute Gasteiger partial charge is 0.468 e. The maximum Gasteiger partial charge on any atom is 0.257 e. The lowest BCUT2D eigenvalue weighted by molar-refractivity contribution is 0.121. The molecular weight excluding hydrogens is 228 g/mol. The second kappa shape index (κ2) is 5.58. The lowest BCUT2D eigenvalue weighted by atomic mass is 10.4. The van der Waals surface area contributed by atoms with Gasteiger partial charge < -0.3 is 9.73 Å². The number of rotatable bonds is 6. The fraction of sp³-hybridized carbons (Fsp3) is 0.364. The molecule has 6 heteroatoms. The molecule has 1 N–H and O–H groups in total. The second-order valence-corrected chi connectivity index (χ2v) is 3.60. The van der Waals surface area contributed by atoms with E-state index in [1.165, 1.54) is 4.68 Å². The molecule has 2 aromatic rings. The third-order valence-electron chi connectivity index (χ3n) is 2.21. The van der Waals surface area contributed by atoms with Crippen molar-refractivity contribution in [1.82, 2.24) is 15.1 Å². The molecule has 0 saturated carbocycles. The first-order valence-corrected chi connectivity index (χ1v) is 5.27. The van der Waals surface area contributed by atoms with E-state index in [1.807, 2.05) is 12.1 Å². The molecule has 0 aliphatic heterocycles. The van der Waals surface area contributed by atoms with Gasteiger partial charge in [-0.2, -0.15) is 5.10 Å². The Balaban J connectivity index is 1.77. The molecule has 0 radical (unpaired) electrons. The van der Waals surface area contributed by atoms with E-state index in [9.17, 15) is 8.78 Å². The monoisotopic (exact) mass is 241 g/mol. The molecule has 0 aliphatic carbocycles. The minimum absolute atomic E-state index is 0.363. The fourth-order valence-electron chi connectivity index (χ4n) is 1.47. The van der Waals surface area contributed by atoms with Crippen LogP contribution >= 0.6 is 0 Å². The number of alkyl halides is 2. The third kappa shape index (κ3) is 3.67. The molecule has 4 nitrogen and oxygen atoms in total. The summed E-state index contributed by atoms with van der Waals surface area (Å²) in [6, 6.07) is 5.40. The molecule has 0 saturated heterocycles. The van der Waals surface area contributed by atoms with Crippen molar-refractivity contribution in [2.75, 3.05) is 0 Å². The zero-order chi connectivity index (χ0) is 12.1. The molecule has 0 fully saturated rings. The van der Waals surface area contributed by atoms with Crippen molar-refractivity contribution < 1.29 is 13.2 Å². The zero-order valence-electron chi connectivity index (χ0n) is 9.14. The smallest absolute Gasteiger partial charge is 0.257 e. The maximum absolute atomic E-state index is 12.1. The van der Waals surface area contributed by atoms with Gasteiger partial charge >= 0.3 is 0 Å². The maximum atomic E-state index is 12.1. The Bertz CT molecular complexity index is 439. The van der Waals surface area contributed by atoms with Crippen LogP contribution in [0, 0.1) is 0 Å². The molecule has 92 valence electrons. The SMILES string of the molecule is FC(F)Cn1ccc(CNCc2ccco2)n1. The predicted octanol–water partition coefficient (Wildman–Crippen LogP) is 2.03. The van der Waals surface area contributed by atoms with Crippen molar-refractivity contribution >= 4 is 0 Å². The Morgan fingerprint density at radius 1 is 1.35 bits per heavy atom. The van der Waals surface area contributed by atoms with Crippen LogP contribution in [0.3, 0.4) is 0 Å². The quantitative estimate of drug-likeness (QED) is 0.841. The summed E-state index contributed by atoms with van der Waals surface area (Å²) in [6.45, 7) is 0.754. The highest BCUT2D eigenvalue weighted by Crippen LogP contribution is 2.02. The number of hydrogen-bond acceptors (Lipinski definition) is 3. The number of nitrogens with one attached hydrogen (secondary N) is 1. The van der Waals surface area contributed by atoms with E-state index >= 15 is 0 Å². The molecule has 2 aromatic heterocycles. The molecule has 0 aliphatic rings. The van der Waals surface area contributed by atoms with Gasteiger partial charge in [0.25, 0.3) is 6.43 Å². The van der Waals surface area contributed by atoms with Gasteiger partial charge in [-0.15, -0.1) is 0 Å². The molecule has 2 heterocycles. The summed E-state index contributed by atoms with van der Waals surface area (Å²) >= 11 is 0. The molecule has 0 bridgehead atoms. The van der Waals surface area contributed by atoms with Crippen molar-refractivity contribution in [3.05, 3.63) is 42.1 Å². The number of aromatic nitrogens is 2. The van der Waals surface area contributed by atoms with Crippen LogP contribution in [0.4, 0.5) is 8.78 Å². The Hall–Kier alpha value is -1.69. The van der Waals surface area contributed by atoms with Crippen LogP contribution in [-0.4, -0.2) is 16.2 Å². The predicted molar refractivity (Wildman–Crippen MR) is 57.5 cm³/mol. The molecule has 0 atom stereocenters. The highest BCUT2D eigenvalue weighted by atomic mass is 19.3. The molecule has 0 spiro atoms. The van der Waals surface area contributed by atoms with Crippen LogP contribution in [0.25, 0.3) is 0 Å². The van der Waals surface area contributed by atoms with Gasteiger partial charge in [0.1, 0.15) is 12.3 Å². The van der Waals surface area contributed by atoms with Gasteiger partial charge in [0.05, 0.1) is 18.5 Å². The van der Waals surface area contributed by atoms with E-state index < -0.39 is 6.43 Å². The van der Waals surface area contributed by atoms with Crippen molar-refractivity contribution in [3.8, 4) is 0 Å². The van der Waals surface area contributed by atoms with Crippen LogP contribution in [0.1, 0.15) is 11.5 Å². The van der Waals surface area contributed by atoms with E-state index in [0.717, 1.165) is 11.5 Å². The van der Waals surface area contributed by atoms with Gasteiger partial charge in [-0.25, -0.2) is 8.78 Å². The standard InChI is InChI=1S/C11H13F2N3O/c12-11(13)8-16-4-3-9(15-16)6-14-7-10-2-1-5-17-10/h1-5,11,14H,6-8H2. The minimum atomic E-state index is -2.38. The van der Waals surface area contributed by atoms with Gasteiger partial charge in [0.15, 0.2) is 0 Å². The number of halogens is 2. The molecule has 0 aromatic carbocycles. The first-order valence-electron chi connectivity index (χ1n) is 5.27. The van der Waals surface area contributed by atoms with Gasteiger partial charge in [-0.05, 0) is 18.2 Å². The van der Waals surface area contributed by atoms with E-state index in [4.69, 9.17) is 4.42 Å². The summed E-state index contributed by atoms with van der Waals surface area (Å²) in [5.41, 5.74) is 0.734. The van der Waals surface area contributed by atoms with Crippen LogP contribution < -0.4 is 5.32 Å². The summed E-state index contributed by atoms with van der Waals surface area (Å²) in [4.78, 5) is 0. The Morgan fingerprint density at radius 3 is 2.94 bits per heavy atom. The van der Waals surface area contributed by atoms with Gasteiger partial charge in [-0.1, -0.05) is 0 Å². The summed E-state index contributed by atoms with van der Waals surface area (Å²) in [5, 5.41) is 7.13. The Labute approximate surface area is 97.2 Å². The molecule has 0 unspecified atom stereocenters. The highest BCUT2D eigenvalue weighted by molar-refractivity contribution is 5.00. The van der Waals surface area contributed by atoms with E-state index in [0.29, 0.717) is 13.1 Å². The van der Waals surface area contributed by atoms with Crippen molar-refractivity contribution in [1.29, 1.82) is 0 Å². The summed E-state index contributed by atoms with van der Waals surface area (Å²) < 4.78 is 30.5. The van der Waals surface area contributed by atoms with E-state index in [1.54, 1.807) is 18.5 Å². The summed E-state index contributed by atoms with van der Waals surface area (Å²) in [5.74, 6) is 0.831. The average molecular weight is 241 g/mol. The van der Waals surface area contributed by atoms with Crippen molar-refractivity contribution in [2.24, 2.45) is 0 Å². The molecule has 0 amide bonds. The average Bonchev–Trinajstić information content (AvgIpc) is 2.89. The molecular formula is C11H13F2N3O. The van der Waals surface area contributed by atoms with Crippen LogP contribution in [0.2, 0.25) is 0 Å². The first kappa shape index (κ1) is 11.8. The Morgan fingerprint density at radius 2 is 2.24 bits per heavy atom. The summed E-state index contributed by atoms with van der Waals surface area (Å²) in [7, 11) is 0. The Kier molecular flexibility index (Phi) is 3.87. The lowest BCUT2D eigenvalue weighted by Crippen LogP contribution is -2.13. The van der Waals surface area contributed by atoms with Crippen molar-refractivity contribution in [3.63, 3.8) is 0 Å². The normalized spacial score (nSPS) is 11.2. The lowest BCUT2D eigenvalue weighted by Gasteiger charge is -2.00. The first-order chi connectivity index (χ1) is 8.24. The van der Waals surface area contributed by atoms with E-state index in [-0.39, 0.29) is 6.54 Å². The third-order valence-corrected chi connectivity index (χ3v) is 2.21. The van der Waals surface area contributed by atoms with Crippen LogP contribution in [-0.2, 0) is 19.6 Å². The zero-order valence-corrected chi connectivity index (χ0v) is 9.14.